The first-order valence-electron chi connectivity index (χ1n) is 20.6. The maximum Gasteiger partial charge on any atom is 0.185 e. The van der Waals surface area contributed by atoms with Gasteiger partial charge in [-0.1, -0.05) is 39.7 Å². The minimum absolute atomic E-state index is 0.0486. The molecular weight excluding hydrogens is 695 g/mol. The van der Waals surface area contributed by atoms with Gasteiger partial charge in [-0.25, -0.2) is 0 Å². The summed E-state index contributed by atoms with van der Waals surface area (Å²) < 4.78 is 19.5. The molecule has 1 fully saturated rings. The Labute approximate surface area is 326 Å². The number of fused-ring (bicyclic) bond motifs is 5. The van der Waals surface area contributed by atoms with E-state index in [0.29, 0.717) is 47.8 Å². The molecule has 55 heavy (non-hydrogen) atoms. The van der Waals surface area contributed by atoms with Crippen LogP contribution in [-0.4, -0.2) is 58.9 Å². The Bertz CT molecular complexity index is 1810. The van der Waals surface area contributed by atoms with Crippen LogP contribution in [-0.2, 0) is 19.3 Å². The minimum Gasteiger partial charge on any atom is -0.508 e. The Morgan fingerprint density at radius 3 is 2.51 bits per heavy atom. The molecule has 1 saturated carbocycles. The highest BCUT2D eigenvalue weighted by atomic mass is 16.5. The van der Waals surface area contributed by atoms with E-state index in [-0.39, 0.29) is 36.3 Å². The second kappa shape index (κ2) is 18.2. The predicted molar refractivity (Wildman–Crippen MR) is 217 cm³/mol. The summed E-state index contributed by atoms with van der Waals surface area (Å²) in [4.78, 5) is 4.18. The van der Waals surface area contributed by atoms with Crippen molar-refractivity contribution < 1.29 is 34.6 Å². The fraction of sp³-hybridized carbons (Fsp3) is 0.578. The Hall–Kier alpha value is -4.15. The standard InChI is InChI=1S/C45H63N3O7/c1-5-27(9-8-18-49)12-13-29-20-31-22-36(51)32(19-26(2)3)21-33(31)43-41(53-4)25-39-34(42(29)43)24-37(52)44(55-39)30-14-15-35(50)40(23-30)54-38-11-7-6-10-28(38)16-17-48-45(46)47/h14-15,21-23,25-29,37-38,44,49-52H,5-13,16-20,24H2,1-4H3,(H4,46,47,48). The maximum absolute atomic E-state index is 11.9. The quantitative estimate of drug-likeness (QED) is 0.0629. The summed E-state index contributed by atoms with van der Waals surface area (Å²) in [6.45, 7) is 7.26. The van der Waals surface area contributed by atoms with Crippen LogP contribution >= 0.6 is 0 Å². The van der Waals surface area contributed by atoms with Gasteiger partial charge in [-0.15, -0.1) is 0 Å². The number of aromatic hydroxyl groups is 2. The third-order valence-electron chi connectivity index (χ3n) is 12.2. The SMILES string of the molecule is CCC(CCCO)CCC1Cc2cc(O)c(CC(C)C)cc2-c2c(OC)cc3c(c21)CC(O)C(c1ccc(O)c(OC2CCCCC2CCN=C(N)N)c1)O3. The van der Waals surface area contributed by atoms with Gasteiger partial charge < -0.3 is 46.1 Å². The topological polar surface area (TPSA) is 173 Å². The van der Waals surface area contributed by atoms with Gasteiger partial charge in [0.2, 0.25) is 0 Å². The monoisotopic (exact) mass is 757 g/mol. The number of methoxy groups -OCH3 is 1. The molecule has 6 atom stereocenters. The van der Waals surface area contributed by atoms with E-state index in [1.165, 1.54) is 0 Å². The zero-order valence-corrected chi connectivity index (χ0v) is 33.2. The van der Waals surface area contributed by atoms with Gasteiger partial charge in [0.1, 0.15) is 29.5 Å². The molecule has 0 aromatic heterocycles. The summed E-state index contributed by atoms with van der Waals surface area (Å²) in [5, 5.41) is 43.6. The van der Waals surface area contributed by atoms with Crippen LogP contribution in [0.25, 0.3) is 11.1 Å². The highest BCUT2D eigenvalue weighted by Gasteiger charge is 2.39. The van der Waals surface area contributed by atoms with Crippen LogP contribution in [0.4, 0.5) is 0 Å². The lowest BCUT2D eigenvalue weighted by Crippen LogP contribution is -2.33. The first-order chi connectivity index (χ1) is 26.5. The lowest BCUT2D eigenvalue weighted by atomic mass is 9.71. The molecule has 8 N–H and O–H groups in total. The van der Waals surface area contributed by atoms with Crippen molar-refractivity contribution in [2.75, 3.05) is 20.3 Å². The number of aliphatic hydroxyl groups excluding tert-OH is 2. The van der Waals surface area contributed by atoms with Gasteiger partial charge in [-0.3, -0.25) is 4.99 Å². The van der Waals surface area contributed by atoms with Crippen molar-refractivity contribution in [1.82, 2.24) is 0 Å². The summed E-state index contributed by atoms with van der Waals surface area (Å²) in [7, 11) is 1.69. The Morgan fingerprint density at radius 2 is 1.78 bits per heavy atom. The number of nitrogens with zero attached hydrogens (tertiary/aromatic N) is 1. The molecule has 10 nitrogen and oxygen atoms in total. The van der Waals surface area contributed by atoms with Crippen molar-refractivity contribution in [3.63, 3.8) is 0 Å². The molecule has 3 aliphatic rings. The van der Waals surface area contributed by atoms with Crippen molar-refractivity contribution in [2.24, 2.45) is 34.2 Å². The number of rotatable bonds is 16. The van der Waals surface area contributed by atoms with Crippen LogP contribution < -0.4 is 25.7 Å². The van der Waals surface area contributed by atoms with Crippen LogP contribution in [0.2, 0.25) is 0 Å². The highest BCUT2D eigenvalue weighted by Crippen LogP contribution is 2.54. The number of guanidine groups is 1. The fourth-order valence-corrected chi connectivity index (χ4v) is 9.37. The van der Waals surface area contributed by atoms with E-state index in [1.54, 1.807) is 19.2 Å². The number of aliphatic imine (C=N–C) groups is 1. The van der Waals surface area contributed by atoms with E-state index in [9.17, 15) is 20.4 Å². The molecule has 0 saturated heterocycles. The van der Waals surface area contributed by atoms with E-state index in [4.69, 9.17) is 25.7 Å². The fourth-order valence-electron chi connectivity index (χ4n) is 9.37. The summed E-state index contributed by atoms with van der Waals surface area (Å²) in [6.07, 6.45) is 9.90. The Kier molecular flexibility index (Phi) is 13.4. The molecule has 300 valence electrons. The molecule has 6 rings (SSSR count). The third-order valence-corrected chi connectivity index (χ3v) is 12.2. The molecule has 3 aromatic carbocycles. The van der Waals surface area contributed by atoms with Gasteiger partial charge in [-0.05, 0) is 140 Å². The van der Waals surface area contributed by atoms with E-state index in [2.05, 4.69) is 31.8 Å². The van der Waals surface area contributed by atoms with Crippen LogP contribution in [0, 0.1) is 17.8 Å². The van der Waals surface area contributed by atoms with Gasteiger partial charge in [0.15, 0.2) is 17.5 Å². The highest BCUT2D eigenvalue weighted by molar-refractivity contribution is 5.83. The van der Waals surface area contributed by atoms with Crippen molar-refractivity contribution >= 4 is 5.96 Å². The average Bonchev–Trinajstić information content (AvgIpc) is 3.16. The largest absolute Gasteiger partial charge is 0.508 e. The van der Waals surface area contributed by atoms with Gasteiger partial charge in [0, 0.05) is 36.8 Å². The molecule has 6 unspecified atom stereocenters. The molecular formula is C45H63N3O7. The predicted octanol–water partition coefficient (Wildman–Crippen LogP) is 7.83. The number of benzene rings is 3. The normalized spacial score (nSPS) is 22.2. The molecule has 0 radical (unpaired) electrons. The van der Waals surface area contributed by atoms with Crippen molar-refractivity contribution in [3.05, 3.63) is 64.2 Å². The van der Waals surface area contributed by atoms with Crippen molar-refractivity contribution in [2.45, 2.75) is 128 Å². The van der Waals surface area contributed by atoms with E-state index in [0.717, 1.165) is 116 Å². The molecule has 0 amide bonds. The summed E-state index contributed by atoms with van der Waals surface area (Å²) >= 11 is 0. The summed E-state index contributed by atoms with van der Waals surface area (Å²) in [5.74, 6) is 3.51. The third kappa shape index (κ3) is 9.29. The number of hydrogen-bond donors (Lipinski definition) is 6. The van der Waals surface area contributed by atoms with Crippen molar-refractivity contribution in [1.29, 1.82) is 0 Å². The molecule has 10 heteroatoms. The zero-order valence-electron chi connectivity index (χ0n) is 33.2. The van der Waals surface area contributed by atoms with Crippen molar-refractivity contribution in [3.8, 4) is 39.9 Å². The number of phenolic OH excluding ortho intramolecular Hbond substituents is 2. The number of nitrogens with two attached hydrogens (primary N) is 2. The molecule has 0 bridgehead atoms. The van der Waals surface area contributed by atoms with Crippen LogP contribution in [0.3, 0.4) is 0 Å². The van der Waals surface area contributed by atoms with Gasteiger partial charge in [0.25, 0.3) is 0 Å². The molecule has 1 aliphatic heterocycles. The number of phenols is 2. The van der Waals surface area contributed by atoms with Gasteiger partial charge in [0.05, 0.1) is 13.2 Å². The number of ether oxygens (including phenoxy) is 3. The second-order valence-corrected chi connectivity index (χ2v) is 16.5. The molecule has 0 spiro atoms. The van der Waals surface area contributed by atoms with Gasteiger partial charge in [-0.2, -0.15) is 0 Å². The average molecular weight is 758 g/mol. The van der Waals surface area contributed by atoms with Crippen LogP contribution in [0.15, 0.2) is 41.4 Å². The minimum atomic E-state index is -0.851. The van der Waals surface area contributed by atoms with Crippen LogP contribution in [0.5, 0.6) is 28.7 Å². The molecule has 3 aromatic rings. The zero-order chi connectivity index (χ0) is 39.2. The second-order valence-electron chi connectivity index (χ2n) is 16.5. The summed E-state index contributed by atoms with van der Waals surface area (Å²) in [5.41, 5.74) is 18.1. The van der Waals surface area contributed by atoms with E-state index >= 15 is 0 Å². The maximum atomic E-state index is 11.9. The molecule has 1 heterocycles. The number of hydrogen-bond acceptors (Lipinski definition) is 8. The Balaban J connectivity index is 1.35. The lowest BCUT2D eigenvalue weighted by molar-refractivity contribution is 0.0198. The number of aliphatic hydroxyl groups is 2. The van der Waals surface area contributed by atoms with Gasteiger partial charge >= 0.3 is 0 Å². The van der Waals surface area contributed by atoms with E-state index in [1.807, 2.05) is 18.2 Å². The Morgan fingerprint density at radius 1 is 0.982 bits per heavy atom. The lowest BCUT2D eigenvalue weighted by Gasteiger charge is -2.38. The summed E-state index contributed by atoms with van der Waals surface area (Å²) in [6, 6.07) is 11.3. The van der Waals surface area contributed by atoms with Crippen LogP contribution in [0.1, 0.15) is 125 Å². The molecule has 2 aliphatic carbocycles. The van der Waals surface area contributed by atoms with E-state index < -0.39 is 12.2 Å². The smallest absolute Gasteiger partial charge is 0.185 e. The first-order valence-corrected chi connectivity index (χ1v) is 20.6. The first kappa shape index (κ1) is 40.5.